The van der Waals surface area contributed by atoms with Crippen LogP contribution in [0.2, 0.25) is 0 Å². The molecule has 26 heavy (non-hydrogen) atoms. The van der Waals surface area contributed by atoms with Crippen molar-refractivity contribution in [3.63, 3.8) is 0 Å². The number of carbonyl (C=O) groups is 3. The number of pyridine rings is 2. The van der Waals surface area contributed by atoms with Gasteiger partial charge in [-0.3, -0.25) is 29.4 Å². The lowest BCUT2D eigenvalue weighted by atomic mass is 10.3. The first-order valence-corrected chi connectivity index (χ1v) is 7.32. The Bertz CT molecular complexity index is 832. The molecule has 0 fully saturated rings. The number of nitrogen functional groups attached to an aromatic ring is 1. The van der Waals surface area contributed by atoms with Crippen LogP contribution in [0.25, 0.3) is 0 Å². The van der Waals surface area contributed by atoms with Crippen LogP contribution in [-0.4, -0.2) is 51.4 Å². The number of carbonyl (C=O) groups excluding carboxylic acids is 2. The lowest BCUT2D eigenvalue weighted by Crippen LogP contribution is -2.33. The maximum atomic E-state index is 11.4. The number of carboxylic acids is 1. The molecule has 0 spiro atoms. The molecule has 10 heteroatoms. The fraction of sp³-hybridized carbons (Fsp3) is 0.188. The molecule has 0 bridgehead atoms. The van der Waals surface area contributed by atoms with Crippen molar-refractivity contribution in [2.45, 2.75) is 6.54 Å². The van der Waals surface area contributed by atoms with Crippen LogP contribution in [-0.2, 0) is 11.3 Å². The number of carboxylic acid groups (broad SMARTS) is 1. The number of hydrogen-bond acceptors (Lipinski definition) is 6. The van der Waals surface area contributed by atoms with Gasteiger partial charge >= 0.3 is 5.97 Å². The first-order valence-electron chi connectivity index (χ1n) is 7.32. The standard InChI is InChI=1S/C10H12N2O4.C6H7N3O/c1-11(2)9(14)6-12-7(10(15)16)4-3-5-8(12)13;7-9-6(10)5-1-3-8-4-2-5/h3-5H,6H2,1-2H3,(H,15,16);1-4H,7H2,(H,9,10). The zero-order valence-electron chi connectivity index (χ0n) is 14.2. The molecule has 0 aliphatic rings. The third-order valence-electron chi connectivity index (χ3n) is 3.13. The van der Waals surface area contributed by atoms with Crippen LogP contribution in [0.1, 0.15) is 20.8 Å². The summed E-state index contributed by atoms with van der Waals surface area (Å²) in [5.41, 5.74) is 1.83. The highest BCUT2D eigenvalue weighted by Gasteiger charge is 2.14. The van der Waals surface area contributed by atoms with Gasteiger partial charge in [0.2, 0.25) is 5.91 Å². The van der Waals surface area contributed by atoms with Crippen LogP contribution in [0.15, 0.2) is 47.5 Å². The summed E-state index contributed by atoms with van der Waals surface area (Å²) in [5, 5.41) is 8.86. The van der Waals surface area contributed by atoms with Crippen LogP contribution >= 0.6 is 0 Å². The summed E-state index contributed by atoms with van der Waals surface area (Å²) in [4.78, 5) is 49.5. The highest BCUT2D eigenvalue weighted by Crippen LogP contribution is 1.97. The van der Waals surface area contributed by atoms with Crippen LogP contribution in [0.4, 0.5) is 0 Å². The first kappa shape index (κ1) is 20.5. The van der Waals surface area contributed by atoms with Crippen molar-refractivity contribution in [3.05, 3.63) is 64.3 Å². The Morgan fingerprint density at radius 3 is 2.31 bits per heavy atom. The second-order valence-electron chi connectivity index (χ2n) is 5.14. The van der Waals surface area contributed by atoms with E-state index in [4.69, 9.17) is 10.9 Å². The van der Waals surface area contributed by atoms with E-state index in [1.54, 1.807) is 12.1 Å². The molecule has 10 nitrogen and oxygen atoms in total. The van der Waals surface area contributed by atoms with E-state index < -0.39 is 11.5 Å². The molecule has 0 unspecified atom stereocenters. The molecule has 2 aromatic rings. The number of nitrogens with zero attached hydrogens (tertiary/aromatic N) is 3. The van der Waals surface area contributed by atoms with Gasteiger partial charge in [-0.05, 0) is 18.2 Å². The van der Waals surface area contributed by atoms with Gasteiger partial charge in [0.15, 0.2) is 0 Å². The third-order valence-corrected chi connectivity index (χ3v) is 3.13. The lowest BCUT2D eigenvalue weighted by molar-refractivity contribution is -0.129. The topological polar surface area (TPSA) is 148 Å². The normalized spacial score (nSPS) is 9.50. The highest BCUT2D eigenvalue weighted by atomic mass is 16.4. The quantitative estimate of drug-likeness (QED) is 0.371. The molecule has 0 atom stereocenters. The van der Waals surface area contributed by atoms with Crippen LogP contribution in [0, 0.1) is 0 Å². The number of nitrogens with two attached hydrogens (primary N) is 1. The molecule has 2 rings (SSSR count). The zero-order valence-corrected chi connectivity index (χ0v) is 14.2. The summed E-state index contributed by atoms with van der Waals surface area (Å²) < 4.78 is 0.935. The van der Waals surface area contributed by atoms with Crippen molar-refractivity contribution in [2.75, 3.05) is 14.1 Å². The SMILES string of the molecule is CN(C)C(=O)Cn1c(C(=O)O)cccc1=O.NNC(=O)c1ccncc1. The fourth-order valence-corrected chi connectivity index (χ4v) is 1.73. The van der Waals surface area contributed by atoms with Gasteiger partial charge in [-0.2, -0.15) is 0 Å². The average molecular weight is 361 g/mol. The van der Waals surface area contributed by atoms with E-state index in [1.807, 2.05) is 5.43 Å². The number of amides is 2. The summed E-state index contributed by atoms with van der Waals surface area (Å²) >= 11 is 0. The predicted octanol–water partition coefficient (Wildman–Crippen LogP) is -0.680. The Balaban J connectivity index is 0.000000289. The van der Waals surface area contributed by atoms with Gasteiger partial charge < -0.3 is 10.0 Å². The van der Waals surface area contributed by atoms with Crippen molar-refractivity contribution >= 4 is 17.8 Å². The number of aromatic nitrogens is 2. The van der Waals surface area contributed by atoms with Crippen LogP contribution in [0.5, 0.6) is 0 Å². The van der Waals surface area contributed by atoms with Crippen molar-refractivity contribution < 1.29 is 19.5 Å². The molecule has 0 aliphatic heterocycles. The molecule has 4 N–H and O–H groups in total. The third kappa shape index (κ3) is 5.83. The summed E-state index contributed by atoms with van der Waals surface area (Å²) in [6.07, 6.45) is 3.06. The first-order chi connectivity index (χ1) is 12.3. The maximum Gasteiger partial charge on any atom is 0.352 e. The number of hydrogen-bond donors (Lipinski definition) is 3. The van der Waals surface area contributed by atoms with Gasteiger partial charge in [0.25, 0.3) is 11.5 Å². The smallest absolute Gasteiger partial charge is 0.352 e. The van der Waals surface area contributed by atoms with Gasteiger partial charge in [-0.25, -0.2) is 10.6 Å². The maximum absolute atomic E-state index is 11.4. The van der Waals surface area contributed by atoms with Gasteiger partial charge in [0.1, 0.15) is 12.2 Å². The Morgan fingerprint density at radius 2 is 1.81 bits per heavy atom. The molecule has 138 valence electrons. The lowest BCUT2D eigenvalue weighted by Gasteiger charge is -2.13. The zero-order chi connectivity index (χ0) is 19.7. The second-order valence-corrected chi connectivity index (χ2v) is 5.14. The average Bonchev–Trinajstić information content (AvgIpc) is 2.63. The summed E-state index contributed by atoms with van der Waals surface area (Å²) in [7, 11) is 3.08. The van der Waals surface area contributed by atoms with E-state index in [-0.39, 0.29) is 24.1 Å². The molecular formula is C16H19N5O5. The van der Waals surface area contributed by atoms with Gasteiger partial charge in [-0.1, -0.05) is 6.07 Å². The molecule has 0 radical (unpaired) electrons. The Labute approximate surface area is 148 Å². The van der Waals surface area contributed by atoms with Crippen LogP contribution in [0.3, 0.4) is 0 Å². The number of aromatic carboxylic acids is 1. The predicted molar refractivity (Wildman–Crippen MR) is 92.2 cm³/mol. The summed E-state index contributed by atoms with van der Waals surface area (Å²) in [6.45, 7) is -0.270. The largest absolute Gasteiger partial charge is 0.477 e. The molecule has 0 aromatic carbocycles. The Hall–Kier alpha value is -3.53. The molecular weight excluding hydrogens is 342 g/mol. The van der Waals surface area contributed by atoms with Crippen molar-refractivity contribution in [1.82, 2.24) is 19.9 Å². The molecule has 0 aliphatic carbocycles. The van der Waals surface area contributed by atoms with E-state index in [0.29, 0.717) is 5.56 Å². The second kappa shape index (κ2) is 9.69. The van der Waals surface area contributed by atoms with Crippen molar-refractivity contribution in [3.8, 4) is 0 Å². The minimum atomic E-state index is -1.23. The number of rotatable bonds is 4. The van der Waals surface area contributed by atoms with E-state index in [0.717, 1.165) is 4.57 Å². The van der Waals surface area contributed by atoms with Crippen molar-refractivity contribution in [2.24, 2.45) is 5.84 Å². The summed E-state index contributed by atoms with van der Waals surface area (Å²) in [6, 6.07) is 7.02. The molecule has 2 amide bonds. The number of nitrogens with one attached hydrogen (secondary N) is 1. The van der Waals surface area contributed by atoms with Crippen LogP contribution < -0.4 is 16.8 Å². The highest BCUT2D eigenvalue weighted by molar-refractivity contribution is 5.93. The minimum Gasteiger partial charge on any atom is -0.477 e. The minimum absolute atomic E-state index is 0.192. The molecule has 0 saturated heterocycles. The summed E-state index contributed by atoms with van der Waals surface area (Å²) in [5.74, 6) is 3.01. The number of hydrazine groups is 1. The number of likely N-dealkylation sites (N-methyl/N-ethyl adjacent to an activating group) is 1. The Morgan fingerprint density at radius 1 is 1.19 bits per heavy atom. The van der Waals surface area contributed by atoms with E-state index in [2.05, 4.69) is 4.98 Å². The molecule has 2 heterocycles. The van der Waals surface area contributed by atoms with E-state index in [9.17, 15) is 19.2 Å². The fourth-order valence-electron chi connectivity index (χ4n) is 1.73. The molecule has 0 saturated carbocycles. The Kier molecular flexibility index (Phi) is 7.65. The monoisotopic (exact) mass is 361 g/mol. The molecule has 2 aromatic heterocycles. The van der Waals surface area contributed by atoms with Gasteiger partial charge in [0, 0.05) is 38.1 Å². The van der Waals surface area contributed by atoms with E-state index >= 15 is 0 Å². The van der Waals surface area contributed by atoms with E-state index in [1.165, 1.54) is 49.6 Å². The van der Waals surface area contributed by atoms with Crippen molar-refractivity contribution in [1.29, 1.82) is 0 Å². The van der Waals surface area contributed by atoms with Gasteiger partial charge in [-0.15, -0.1) is 0 Å². The van der Waals surface area contributed by atoms with Gasteiger partial charge in [0.05, 0.1) is 0 Å².